The molecule has 0 saturated heterocycles. The van der Waals surface area contributed by atoms with Crippen LogP contribution in [0.3, 0.4) is 0 Å². The Labute approximate surface area is 212 Å². The Hall–Kier alpha value is -4.85. The first kappa shape index (κ1) is 23.9. The van der Waals surface area contributed by atoms with Crippen LogP contribution in [-0.4, -0.2) is 25.1 Å². The minimum Gasteiger partial charge on any atom is -0.383 e. The van der Waals surface area contributed by atoms with Crippen LogP contribution in [0.4, 0.5) is 10.2 Å². The van der Waals surface area contributed by atoms with E-state index >= 15 is 0 Å². The standard InChI is InChI=1S/C29H24FN5O2/c1-34-17-23(15-33-34)22-13-25(29(31)32-14-22)21-6-2-19(3-7-21)12-28(37)26-18-35(11-10-27(26)36)16-20-4-8-24(30)9-5-20/h2-11,13-15,17-18H,12,16H2,1H3,(H2,31,32). The smallest absolute Gasteiger partial charge is 0.192 e. The molecule has 8 heteroatoms. The number of hydrogen-bond acceptors (Lipinski definition) is 5. The number of carbonyl (C=O) groups is 1. The molecule has 0 amide bonds. The van der Waals surface area contributed by atoms with Gasteiger partial charge in [0.15, 0.2) is 11.2 Å². The van der Waals surface area contributed by atoms with Crippen molar-refractivity contribution in [2.75, 3.05) is 5.73 Å². The Bertz CT molecular complexity index is 1640. The largest absolute Gasteiger partial charge is 0.383 e. The van der Waals surface area contributed by atoms with Gasteiger partial charge in [0.1, 0.15) is 11.6 Å². The van der Waals surface area contributed by atoms with E-state index in [1.165, 1.54) is 18.2 Å². The number of benzene rings is 2. The van der Waals surface area contributed by atoms with Gasteiger partial charge in [-0.05, 0) is 34.9 Å². The van der Waals surface area contributed by atoms with Crippen molar-refractivity contribution in [2.45, 2.75) is 13.0 Å². The predicted octanol–water partition coefficient (Wildman–Crippen LogP) is 4.51. The number of aromatic nitrogens is 4. The number of anilines is 1. The molecule has 0 fully saturated rings. The average molecular weight is 494 g/mol. The molecule has 0 aliphatic heterocycles. The summed E-state index contributed by atoms with van der Waals surface area (Å²) in [6.45, 7) is 0.420. The summed E-state index contributed by atoms with van der Waals surface area (Å²) in [5.41, 5.74) is 11.1. The van der Waals surface area contributed by atoms with Crippen LogP contribution in [0.25, 0.3) is 22.3 Å². The second kappa shape index (κ2) is 10.0. The number of rotatable bonds is 7. The van der Waals surface area contributed by atoms with Crippen molar-refractivity contribution in [3.8, 4) is 22.3 Å². The molecule has 0 aliphatic rings. The number of pyridine rings is 2. The van der Waals surface area contributed by atoms with Crippen molar-refractivity contribution in [3.63, 3.8) is 0 Å². The van der Waals surface area contributed by atoms with Crippen LogP contribution in [0.15, 0.2) is 96.4 Å². The van der Waals surface area contributed by atoms with E-state index < -0.39 is 0 Å². The first-order valence-electron chi connectivity index (χ1n) is 11.7. The van der Waals surface area contributed by atoms with Crippen LogP contribution in [0, 0.1) is 5.82 Å². The van der Waals surface area contributed by atoms with Gasteiger partial charge in [0, 0.05) is 67.6 Å². The number of carbonyl (C=O) groups excluding carboxylic acids is 1. The quantitative estimate of drug-likeness (QED) is 0.337. The normalized spacial score (nSPS) is 11.0. The lowest BCUT2D eigenvalue weighted by Gasteiger charge is -2.10. The summed E-state index contributed by atoms with van der Waals surface area (Å²) in [7, 11) is 1.85. The molecule has 0 bridgehead atoms. The number of aryl methyl sites for hydroxylation is 1. The van der Waals surface area contributed by atoms with E-state index in [9.17, 15) is 14.0 Å². The molecule has 3 aromatic heterocycles. The lowest BCUT2D eigenvalue weighted by molar-refractivity contribution is 0.0991. The van der Waals surface area contributed by atoms with Crippen LogP contribution in [0.2, 0.25) is 0 Å². The van der Waals surface area contributed by atoms with Crippen LogP contribution < -0.4 is 11.2 Å². The van der Waals surface area contributed by atoms with Gasteiger partial charge in [0.25, 0.3) is 0 Å². The number of Topliss-reactive ketones (excluding diaryl/α,β-unsaturated/α-hetero) is 1. The summed E-state index contributed by atoms with van der Waals surface area (Å²) >= 11 is 0. The molecule has 0 aliphatic carbocycles. The summed E-state index contributed by atoms with van der Waals surface area (Å²) in [5.74, 6) is -0.181. The first-order valence-corrected chi connectivity index (χ1v) is 11.7. The molecule has 2 N–H and O–H groups in total. The Balaban J connectivity index is 1.33. The summed E-state index contributed by atoms with van der Waals surface area (Å²) in [5, 5.41) is 4.21. The number of ketones is 1. The minimum atomic E-state index is -0.331. The lowest BCUT2D eigenvalue weighted by Crippen LogP contribution is -2.18. The minimum absolute atomic E-state index is 0.0829. The highest BCUT2D eigenvalue weighted by Crippen LogP contribution is 2.29. The zero-order valence-electron chi connectivity index (χ0n) is 20.1. The molecule has 0 unspecified atom stereocenters. The summed E-state index contributed by atoms with van der Waals surface area (Å²) in [6.07, 6.45) is 8.64. The number of nitrogen functional groups attached to an aromatic ring is 1. The van der Waals surface area contributed by atoms with Gasteiger partial charge < -0.3 is 10.3 Å². The molecule has 37 heavy (non-hydrogen) atoms. The molecular weight excluding hydrogens is 469 g/mol. The number of halogens is 1. The van der Waals surface area contributed by atoms with Crippen molar-refractivity contribution in [3.05, 3.63) is 124 Å². The van der Waals surface area contributed by atoms with Gasteiger partial charge in [-0.3, -0.25) is 14.3 Å². The number of nitrogens with two attached hydrogens (primary N) is 1. The van der Waals surface area contributed by atoms with E-state index in [0.29, 0.717) is 12.4 Å². The van der Waals surface area contributed by atoms with Crippen molar-refractivity contribution in [2.24, 2.45) is 7.05 Å². The molecule has 184 valence electrons. The summed E-state index contributed by atoms with van der Waals surface area (Å²) < 4.78 is 16.6. The van der Waals surface area contributed by atoms with Crippen molar-refractivity contribution >= 4 is 11.6 Å². The fraction of sp³-hybridized carbons (Fsp3) is 0.103. The molecule has 5 rings (SSSR count). The summed E-state index contributed by atoms with van der Waals surface area (Å²) in [4.78, 5) is 29.7. The maximum atomic E-state index is 13.2. The van der Waals surface area contributed by atoms with E-state index in [2.05, 4.69) is 10.1 Å². The number of nitrogens with zero attached hydrogens (tertiary/aromatic N) is 4. The zero-order valence-corrected chi connectivity index (χ0v) is 20.1. The molecule has 0 radical (unpaired) electrons. The van der Waals surface area contributed by atoms with Gasteiger partial charge in [-0.15, -0.1) is 0 Å². The van der Waals surface area contributed by atoms with Gasteiger partial charge >= 0.3 is 0 Å². The molecule has 3 heterocycles. The van der Waals surface area contributed by atoms with Crippen LogP contribution >= 0.6 is 0 Å². The molecule has 5 aromatic rings. The lowest BCUT2D eigenvalue weighted by atomic mass is 9.99. The van der Waals surface area contributed by atoms with E-state index in [1.807, 2.05) is 43.6 Å². The fourth-order valence-corrected chi connectivity index (χ4v) is 4.15. The number of hydrogen-bond donors (Lipinski definition) is 1. The van der Waals surface area contributed by atoms with E-state index in [1.54, 1.807) is 46.2 Å². The second-order valence-corrected chi connectivity index (χ2v) is 8.88. The average Bonchev–Trinajstić information content (AvgIpc) is 3.33. The maximum Gasteiger partial charge on any atom is 0.192 e. The maximum absolute atomic E-state index is 13.2. The SMILES string of the molecule is Cn1cc(-c2cnc(N)c(-c3ccc(CC(=O)c4cn(Cc5ccc(F)cc5)ccc4=O)cc3)c2)cn1. The fourth-order valence-electron chi connectivity index (χ4n) is 4.15. The van der Waals surface area contributed by atoms with Crippen molar-refractivity contribution in [1.29, 1.82) is 0 Å². The van der Waals surface area contributed by atoms with Crippen LogP contribution in [0.1, 0.15) is 21.5 Å². The topological polar surface area (TPSA) is 95.8 Å². The third-order valence-electron chi connectivity index (χ3n) is 6.14. The highest BCUT2D eigenvalue weighted by atomic mass is 19.1. The van der Waals surface area contributed by atoms with Crippen LogP contribution in [0.5, 0.6) is 0 Å². The molecule has 0 atom stereocenters. The Kier molecular flexibility index (Phi) is 6.47. The molecular formula is C29H24FN5O2. The zero-order chi connectivity index (χ0) is 25.9. The monoisotopic (exact) mass is 493 g/mol. The third-order valence-corrected chi connectivity index (χ3v) is 6.14. The molecule has 0 saturated carbocycles. The van der Waals surface area contributed by atoms with Crippen molar-refractivity contribution in [1.82, 2.24) is 19.3 Å². The van der Waals surface area contributed by atoms with Crippen molar-refractivity contribution < 1.29 is 9.18 Å². The van der Waals surface area contributed by atoms with Gasteiger partial charge in [-0.2, -0.15) is 5.10 Å². The van der Waals surface area contributed by atoms with Gasteiger partial charge in [0.05, 0.1) is 11.8 Å². The van der Waals surface area contributed by atoms with E-state index in [-0.39, 0.29) is 29.0 Å². The first-order chi connectivity index (χ1) is 17.9. The Morgan fingerprint density at radius 1 is 0.919 bits per heavy atom. The highest BCUT2D eigenvalue weighted by Gasteiger charge is 2.13. The van der Waals surface area contributed by atoms with Crippen LogP contribution in [-0.2, 0) is 20.0 Å². The highest BCUT2D eigenvalue weighted by molar-refractivity contribution is 5.97. The molecule has 2 aromatic carbocycles. The van der Waals surface area contributed by atoms with E-state index in [4.69, 9.17) is 5.73 Å². The molecule has 7 nitrogen and oxygen atoms in total. The van der Waals surface area contributed by atoms with Gasteiger partial charge in [0.2, 0.25) is 0 Å². The predicted molar refractivity (Wildman–Crippen MR) is 141 cm³/mol. The van der Waals surface area contributed by atoms with Gasteiger partial charge in [-0.25, -0.2) is 9.37 Å². The van der Waals surface area contributed by atoms with Gasteiger partial charge in [-0.1, -0.05) is 36.4 Å². The Morgan fingerprint density at radius 3 is 2.35 bits per heavy atom. The second-order valence-electron chi connectivity index (χ2n) is 8.88. The molecule has 0 spiro atoms. The van der Waals surface area contributed by atoms with E-state index in [0.717, 1.165) is 33.4 Å². The third kappa shape index (κ3) is 5.38. The Morgan fingerprint density at radius 2 is 1.65 bits per heavy atom. The summed E-state index contributed by atoms with van der Waals surface area (Å²) in [6, 6.07) is 16.9.